The lowest BCUT2D eigenvalue weighted by Crippen LogP contribution is -2.11. The average molecular weight is 204 g/mol. The van der Waals surface area contributed by atoms with E-state index in [-0.39, 0.29) is 0 Å². The van der Waals surface area contributed by atoms with E-state index in [1.165, 1.54) is 5.57 Å². The number of methoxy groups -OCH3 is 1. The lowest BCUT2D eigenvalue weighted by atomic mass is 9.99. The molecule has 0 saturated carbocycles. The molecule has 0 spiro atoms. The second-order valence-electron chi connectivity index (χ2n) is 4.07. The number of hydrogen-bond donors (Lipinski definition) is 0. The second kappa shape index (κ2) is 3.97. The molecule has 15 heavy (non-hydrogen) atoms. The second-order valence-corrected chi connectivity index (χ2v) is 4.07. The summed E-state index contributed by atoms with van der Waals surface area (Å²) in [5.74, 6) is 2.30. The maximum atomic E-state index is 5.69. The molecule has 0 amide bonds. The van der Waals surface area contributed by atoms with E-state index >= 15 is 0 Å². The van der Waals surface area contributed by atoms with Gasteiger partial charge in [-0.15, -0.1) is 0 Å². The maximum Gasteiger partial charge on any atom is 0.130 e. The summed E-state index contributed by atoms with van der Waals surface area (Å²) < 4.78 is 10.8. The first-order chi connectivity index (χ1) is 7.20. The monoisotopic (exact) mass is 204 g/mol. The molecule has 0 radical (unpaired) electrons. The molecule has 0 aliphatic carbocycles. The number of ether oxygens (including phenoxy) is 2. The zero-order chi connectivity index (χ0) is 10.8. The van der Waals surface area contributed by atoms with Crippen LogP contribution in [0, 0.1) is 5.92 Å². The number of rotatable bonds is 2. The van der Waals surface area contributed by atoms with Crippen LogP contribution in [-0.4, -0.2) is 13.7 Å². The topological polar surface area (TPSA) is 18.5 Å². The van der Waals surface area contributed by atoms with Crippen LogP contribution in [0.5, 0.6) is 11.5 Å². The Bertz CT molecular complexity index is 392. The molecule has 2 rings (SSSR count). The minimum absolute atomic E-state index is 0.542. The Morgan fingerprint density at radius 1 is 1.33 bits per heavy atom. The van der Waals surface area contributed by atoms with Gasteiger partial charge in [-0.3, -0.25) is 0 Å². The van der Waals surface area contributed by atoms with Gasteiger partial charge in [0.05, 0.1) is 7.11 Å². The van der Waals surface area contributed by atoms with Crippen molar-refractivity contribution in [3.05, 3.63) is 29.3 Å². The third kappa shape index (κ3) is 1.99. The van der Waals surface area contributed by atoms with E-state index in [0.29, 0.717) is 12.5 Å². The first kappa shape index (κ1) is 10.1. The summed E-state index contributed by atoms with van der Waals surface area (Å²) in [5, 5.41) is 0. The molecule has 2 heteroatoms. The zero-order valence-electron chi connectivity index (χ0n) is 9.41. The standard InChI is InChI=1S/C13H16O2/c1-9(2)11-6-10-4-5-12(14-3)7-13(10)15-8-11/h4-7,9H,8H2,1-3H3. The number of fused-ring (bicyclic) bond motifs is 1. The van der Waals surface area contributed by atoms with Crippen molar-refractivity contribution in [2.75, 3.05) is 13.7 Å². The molecule has 1 aromatic rings. The first-order valence-electron chi connectivity index (χ1n) is 5.22. The summed E-state index contributed by atoms with van der Waals surface area (Å²) in [6.45, 7) is 5.06. The fourth-order valence-electron chi connectivity index (χ4n) is 1.62. The van der Waals surface area contributed by atoms with Gasteiger partial charge in [-0.25, -0.2) is 0 Å². The number of benzene rings is 1. The van der Waals surface area contributed by atoms with Crippen LogP contribution in [0.25, 0.3) is 6.08 Å². The molecule has 0 bridgehead atoms. The molecule has 80 valence electrons. The van der Waals surface area contributed by atoms with Crippen LogP contribution in [0.1, 0.15) is 19.4 Å². The Morgan fingerprint density at radius 3 is 2.80 bits per heavy atom. The fourth-order valence-corrected chi connectivity index (χ4v) is 1.62. The minimum atomic E-state index is 0.542. The molecule has 0 aromatic heterocycles. The van der Waals surface area contributed by atoms with Crippen LogP contribution in [-0.2, 0) is 0 Å². The highest BCUT2D eigenvalue weighted by Gasteiger charge is 2.14. The van der Waals surface area contributed by atoms with E-state index in [2.05, 4.69) is 19.9 Å². The van der Waals surface area contributed by atoms with Gasteiger partial charge in [0.25, 0.3) is 0 Å². The molecular weight excluding hydrogens is 188 g/mol. The summed E-state index contributed by atoms with van der Waals surface area (Å²) in [7, 11) is 1.67. The lowest BCUT2D eigenvalue weighted by molar-refractivity contribution is 0.331. The summed E-state index contributed by atoms with van der Waals surface area (Å²) in [6.07, 6.45) is 2.21. The highest BCUT2D eigenvalue weighted by atomic mass is 16.5. The van der Waals surface area contributed by atoms with Crippen LogP contribution < -0.4 is 9.47 Å². The minimum Gasteiger partial charge on any atom is -0.497 e. The van der Waals surface area contributed by atoms with Crippen LogP contribution >= 0.6 is 0 Å². The third-order valence-electron chi connectivity index (χ3n) is 2.70. The van der Waals surface area contributed by atoms with Crippen molar-refractivity contribution >= 4 is 6.08 Å². The van der Waals surface area contributed by atoms with Crippen molar-refractivity contribution in [1.29, 1.82) is 0 Å². The van der Waals surface area contributed by atoms with Crippen molar-refractivity contribution in [2.45, 2.75) is 13.8 Å². The van der Waals surface area contributed by atoms with Gasteiger partial charge in [-0.05, 0) is 29.7 Å². The van der Waals surface area contributed by atoms with Crippen molar-refractivity contribution in [1.82, 2.24) is 0 Å². The zero-order valence-corrected chi connectivity index (χ0v) is 9.41. The normalized spacial score (nSPS) is 14.3. The molecular formula is C13H16O2. The molecule has 0 fully saturated rings. The highest BCUT2D eigenvalue weighted by molar-refractivity contribution is 5.63. The van der Waals surface area contributed by atoms with E-state index in [9.17, 15) is 0 Å². The number of hydrogen-bond acceptors (Lipinski definition) is 2. The Hall–Kier alpha value is -1.44. The largest absolute Gasteiger partial charge is 0.497 e. The summed E-state index contributed by atoms with van der Waals surface area (Å²) in [4.78, 5) is 0. The third-order valence-corrected chi connectivity index (χ3v) is 2.70. The van der Waals surface area contributed by atoms with Crippen molar-refractivity contribution in [2.24, 2.45) is 5.92 Å². The Labute approximate surface area is 90.5 Å². The summed E-state index contributed by atoms with van der Waals surface area (Å²) >= 11 is 0. The predicted molar refractivity (Wildman–Crippen MR) is 61.3 cm³/mol. The van der Waals surface area contributed by atoms with Crippen LogP contribution in [0.3, 0.4) is 0 Å². The van der Waals surface area contributed by atoms with Crippen molar-refractivity contribution < 1.29 is 9.47 Å². The predicted octanol–water partition coefficient (Wildman–Crippen LogP) is 3.13. The molecule has 0 saturated heterocycles. The molecule has 0 atom stereocenters. The first-order valence-corrected chi connectivity index (χ1v) is 5.22. The SMILES string of the molecule is COc1ccc2c(c1)OCC(C(C)C)=C2. The molecule has 1 aliphatic heterocycles. The van der Waals surface area contributed by atoms with Crippen molar-refractivity contribution in [3.8, 4) is 11.5 Å². The van der Waals surface area contributed by atoms with Crippen molar-refractivity contribution in [3.63, 3.8) is 0 Å². The Morgan fingerprint density at radius 2 is 2.13 bits per heavy atom. The van der Waals surface area contributed by atoms with Gasteiger partial charge < -0.3 is 9.47 Å². The van der Waals surface area contributed by atoms with Gasteiger partial charge in [0.2, 0.25) is 0 Å². The van der Waals surface area contributed by atoms with Crippen LogP contribution in [0.4, 0.5) is 0 Å². The van der Waals surface area contributed by atoms with Gasteiger partial charge in [0, 0.05) is 11.6 Å². The van der Waals surface area contributed by atoms with Gasteiger partial charge in [-0.2, -0.15) is 0 Å². The van der Waals surface area contributed by atoms with Crippen LogP contribution in [0.15, 0.2) is 23.8 Å². The highest BCUT2D eigenvalue weighted by Crippen LogP contribution is 2.31. The van der Waals surface area contributed by atoms with E-state index in [0.717, 1.165) is 17.1 Å². The van der Waals surface area contributed by atoms with E-state index in [1.807, 2.05) is 18.2 Å². The average Bonchev–Trinajstić information content (AvgIpc) is 2.27. The van der Waals surface area contributed by atoms with E-state index in [1.54, 1.807) is 7.11 Å². The molecule has 0 unspecified atom stereocenters. The Kier molecular flexibility index (Phi) is 2.67. The van der Waals surface area contributed by atoms with Gasteiger partial charge in [0.1, 0.15) is 18.1 Å². The quantitative estimate of drug-likeness (QED) is 0.736. The van der Waals surface area contributed by atoms with Gasteiger partial charge in [0.15, 0.2) is 0 Å². The lowest BCUT2D eigenvalue weighted by Gasteiger charge is -2.20. The van der Waals surface area contributed by atoms with E-state index in [4.69, 9.17) is 9.47 Å². The molecule has 1 aromatic carbocycles. The van der Waals surface area contributed by atoms with Gasteiger partial charge in [-0.1, -0.05) is 13.8 Å². The Balaban J connectivity index is 2.36. The maximum absolute atomic E-state index is 5.69. The summed E-state index contributed by atoms with van der Waals surface area (Å²) in [6, 6.07) is 5.93. The van der Waals surface area contributed by atoms with Gasteiger partial charge >= 0.3 is 0 Å². The fraction of sp³-hybridized carbons (Fsp3) is 0.385. The van der Waals surface area contributed by atoms with E-state index < -0.39 is 0 Å². The summed E-state index contributed by atoms with van der Waals surface area (Å²) in [5.41, 5.74) is 2.48. The molecule has 0 N–H and O–H groups in total. The van der Waals surface area contributed by atoms with Crippen LogP contribution in [0.2, 0.25) is 0 Å². The smallest absolute Gasteiger partial charge is 0.130 e. The molecule has 1 aliphatic rings. The molecule has 2 nitrogen and oxygen atoms in total. The molecule has 1 heterocycles.